The average Bonchev–Trinajstić information content (AvgIpc) is 2.61. The molecule has 5 heteroatoms. The van der Waals surface area contributed by atoms with E-state index in [1.54, 1.807) is 13.1 Å². The fourth-order valence-electron chi connectivity index (χ4n) is 1.37. The fraction of sp³-hybridized carbons (Fsp3) is 0.625. The molecule has 0 spiro atoms. The summed E-state index contributed by atoms with van der Waals surface area (Å²) in [6.45, 7) is 1.67. The number of aliphatic hydroxyl groups is 1. The van der Waals surface area contributed by atoms with Gasteiger partial charge in [-0.15, -0.1) is 0 Å². The van der Waals surface area contributed by atoms with Crippen LogP contribution in [0, 0.1) is 6.92 Å². The van der Waals surface area contributed by atoms with E-state index in [2.05, 4.69) is 0 Å². The van der Waals surface area contributed by atoms with Crippen LogP contribution in [-0.2, 0) is 4.74 Å². The van der Waals surface area contributed by atoms with E-state index in [1.807, 2.05) is 0 Å². The highest BCUT2D eigenvalue weighted by Gasteiger charge is 2.26. The number of aliphatic hydroxyl groups excluding tert-OH is 1. The molecule has 1 fully saturated rings. The number of aryl methyl sites for hydroxylation is 1. The third-order valence-electron chi connectivity index (χ3n) is 2.09. The van der Waals surface area contributed by atoms with Crippen molar-refractivity contribution in [3.63, 3.8) is 0 Å². The minimum atomic E-state index is -0.738. The monoisotopic (exact) mass is 185 g/mol. The summed E-state index contributed by atoms with van der Waals surface area (Å²) in [6, 6.07) is 0. The van der Waals surface area contributed by atoms with Gasteiger partial charge in [0.2, 0.25) is 0 Å². The van der Waals surface area contributed by atoms with Gasteiger partial charge < -0.3 is 14.4 Å². The van der Waals surface area contributed by atoms with Gasteiger partial charge in [-0.3, -0.25) is 0 Å². The summed E-state index contributed by atoms with van der Waals surface area (Å²) in [7, 11) is 0. The van der Waals surface area contributed by atoms with E-state index in [1.165, 1.54) is 4.74 Å². The summed E-state index contributed by atoms with van der Waals surface area (Å²) in [6.07, 6.45) is 1.75. The Labute approximate surface area is 74.5 Å². The third-order valence-corrected chi connectivity index (χ3v) is 2.09. The minimum Gasteiger partial charge on any atom is -0.368 e. The Morgan fingerprint density at radius 3 is 2.85 bits per heavy atom. The van der Waals surface area contributed by atoms with Crippen molar-refractivity contribution in [2.24, 2.45) is 0 Å². The largest absolute Gasteiger partial charge is 0.368 e. The van der Waals surface area contributed by atoms with E-state index < -0.39 is 6.29 Å². The molecule has 0 aromatic carbocycles. The Hall–Kier alpha value is -1.07. The molecule has 13 heavy (non-hydrogen) atoms. The molecular weight excluding hydrogens is 174 g/mol. The zero-order valence-corrected chi connectivity index (χ0v) is 7.27. The van der Waals surface area contributed by atoms with E-state index in [4.69, 9.17) is 14.4 Å². The maximum atomic E-state index is 11.0. The van der Waals surface area contributed by atoms with Gasteiger partial charge in [-0.2, -0.15) is 4.74 Å². The van der Waals surface area contributed by atoms with Crippen molar-refractivity contribution in [2.45, 2.75) is 32.3 Å². The van der Waals surface area contributed by atoms with Crippen LogP contribution in [0.2, 0.25) is 0 Å². The molecule has 72 valence electrons. The second kappa shape index (κ2) is 3.01. The van der Waals surface area contributed by atoms with E-state index in [0.717, 1.165) is 0 Å². The number of hydrogen-bond acceptors (Lipinski definition) is 4. The molecule has 0 saturated carbocycles. The second-order valence-electron chi connectivity index (χ2n) is 3.17. The van der Waals surface area contributed by atoms with Gasteiger partial charge in [0, 0.05) is 12.8 Å². The van der Waals surface area contributed by atoms with Crippen LogP contribution >= 0.6 is 0 Å². The molecule has 1 aliphatic heterocycles. The van der Waals surface area contributed by atoms with Crippen molar-refractivity contribution in [1.82, 2.24) is 4.74 Å². The first-order valence-corrected chi connectivity index (χ1v) is 4.19. The first-order chi connectivity index (χ1) is 6.16. The lowest BCUT2D eigenvalue weighted by Gasteiger charge is -2.08. The van der Waals surface area contributed by atoms with E-state index in [0.29, 0.717) is 18.4 Å². The maximum absolute atomic E-state index is 11.0. The Balaban J connectivity index is 2.21. The molecule has 1 aromatic heterocycles. The highest BCUT2D eigenvalue weighted by molar-refractivity contribution is 4.98. The van der Waals surface area contributed by atoms with Crippen LogP contribution in [0.3, 0.4) is 0 Å². The summed E-state index contributed by atoms with van der Waals surface area (Å²) in [5, 5.41) is 9.08. The average molecular weight is 185 g/mol. The van der Waals surface area contributed by atoms with Gasteiger partial charge in [0.25, 0.3) is 0 Å². The van der Waals surface area contributed by atoms with Crippen molar-refractivity contribution in [3.8, 4) is 0 Å². The lowest BCUT2D eigenvalue weighted by Crippen LogP contribution is -2.09. The summed E-state index contributed by atoms with van der Waals surface area (Å²) in [5.41, 5.74) is 0.190. The highest BCUT2D eigenvalue weighted by atomic mass is 16.7. The number of nitrogens with zero attached hydrogens (tertiary/aromatic N) is 1. The molecule has 0 amide bonds. The summed E-state index contributed by atoms with van der Waals surface area (Å²) in [5.74, 6) is 0. The first kappa shape index (κ1) is 8.52. The molecule has 1 N–H and O–H groups in total. The quantitative estimate of drug-likeness (QED) is 0.686. The van der Waals surface area contributed by atoms with Gasteiger partial charge in [-0.1, -0.05) is 0 Å². The molecule has 1 aromatic rings. The Bertz CT molecular complexity index is 353. The standard InChI is InChI=1S/C8H11NO4/c1-5-4-9(13-8(5)11)6-2-3-7(10)12-6/h4,6-7,10H,2-3H2,1H3/t6-,7+/m1/s1. The fourth-order valence-corrected chi connectivity index (χ4v) is 1.37. The van der Waals surface area contributed by atoms with Crippen molar-refractivity contribution in [3.05, 3.63) is 22.2 Å². The summed E-state index contributed by atoms with van der Waals surface area (Å²) >= 11 is 0. The molecular formula is C8H11NO4. The number of hydrogen-bond donors (Lipinski definition) is 1. The molecule has 2 rings (SSSR count). The Kier molecular flexibility index (Phi) is 1.97. The van der Waals surface area contributed by atoms with Gasteiger partial charge in [-0.25, -0.2) is 4.79 Å². The summed E-state index contributed by atoms with van der Waals surface area (Å²) in [4.78, 5) is 11.0. The van der Waals surface area contributed by atoms with Crippen LogP contribution in [0.1, 0.15) is 24.6 Å². The van der Waals surface area contributed by atoms with Gasteiger partial charge in [0.1, 0.15) is 0 Å². The Morgan fingerprint density at radius 1 is 1.62 bits per heavy atom. The van der Waals surface area contributed by atoms with E-state index >= 15 is 0 Å². The number of aromatic nitrogens is 1. The lowest BCUT2D eigenvalue weighted by atomic mass is 10.3. The van der Waals surface area contributed by atoms with Gasteiger partial charge in [-0.05, 0) is 6.92 Å². The van der Waals surface area contributed by atoms with Gasteiger partial charge in [0.15, 0.2) is 12.5 Å². The van der Waals surface area contributed by atoms with Crippen molar-refractivity contribution >= 4 is 0 Å². The molecule has 2 heterocycles. The Morgan fingerprint density at radius 2 is 2.38 bits per heavy atom. The zero-order valence-electron chi connectivity index (χ0n) is 7.27. The predicted molar refractivity (Wildman–Crippen MR) is 43.1 cm³/mol. The summed E-state index contributed by atoms with van der Waals surface area (Å²) < 4.78 is 11.3. The number of ether oxygens (including phenoxy) is 1. The van der Waals surface area contributed by atoms with Crippen LogP contribution in [-0.4, -0.2) is 16.1 Å². The molecule has 0 unspecified atom stereocenters. The van der Waals surface area contributed by atoms with Gasteiger partial charge in [0.05, 0.1) is 11.8 Å². The SMILES string of the molecule is Cc1cn([C@H]2CC[C@@H](O)O2)oc1=O. The number of rotatable bonds is 1. The normalized spacial score (nSPS) is 28.2. The molecule has 2 atom stereocenters. The van der Waals surface area contributed by atoms with E-state index in [9.17, 15) is 4.79 Å². The molecule has 0 aliphatic carbocycles. The highest BCUT2D eigenvalue weighted by Crippen LogP contribution is 2.26. The van der Waals surface area contributed by atoms with Crippen LogP contribution in [0.25, 0.3) is 0 Å². The van der Waals surface area contributed by atoms with Crippen molar-refractivity contribution in [2.75, 3.05) is 0 Å². The molecule has 0 bridgehead atoms. The van der Waals surface area contributed by atoms with Crippen LogP contribution in [0.5, 0.6) is 0 Å². The first-order valence-electron chi connectivity index (χ1n) is 4.19. The molecule has 5 nitrogen and oxygen atoms in total. The van der Waals surface area contributed by atoms with Gasteiger partial charge >= 0.3 is 5.63 Å². The molecule has 1 saturated heterocycles. The topological polar surface area (TPSA) is 64.6 Å². The van der Waals surface area contributed by atoms with Crippen LogP contribution in [0.4, 0.5) is 0 Å². The predicted octanol–water partition coefficient (Wildman–Crippen LogP) is 0.377. The minimum absolute atomic E-state index is 0.337. The van der Waals surface area contributed by atoms with Crippen LogP contribution < -0.4 is 5.63 Å². The van der Waals surface area contributed by atoms with E-state index in [-0.39, 0.29) is 11.9 Å². The zero-order chi connectivity index (χ0) is 9.42. The van der Waals surface area contributed by atoms with Crippen LogP contribution in [0.15, 0.2) is 15.5 Å². The lowest BCUT2D eigenvalue weighted by molar-refractivity contribution is -0.131. The third kappa shape index (κ3) is 1.52. The smallest absolute Gasteiger partial charge is 0.360 e. The van der Waals surface area contributed by atoms with Crippen molar-refractivity contribution in [1.29, 1.82) is 0 Å². The molecule has 1 aliphatic rings. The second-order valence-corrected chi connectivity index (χ2v) is 3.17. The van der Waals surface area contributed by atoms with Crippen molar-refractivity contribution < 1.29 is 14.4 Å². The molecule has 0 radical (unpaired) electrons. The maximum Gasteiger partial charge on any atom is 0.360 e.